The maximum absolute atomic E-state index is 11.4. The third-order valence-corrected chi connectivity index (χ3v) is 3.46. The first-order chi connectivity index (χ1) is 9.59. The quantitative estimate of drug-likeness (QED) is 0.618. The maximum Gasteiger partial charge on any atom is 0.339 e. The van der Waals surface area contributed by atoms with Crippen LogP contribution in [0.3, 0.4) is 0 Å². The van der Waals surface area contributed by atoms with Crippen LogP contribution in [0.5, 0.6) is 11.5 Å². The molecule has 1 atom stereocenters. The third-order valence-electron chi connectivity index (χ3n) is 3.46. The molecule has 5 nitrogen and oxygen atoms in total. The fraction of sp³-hybridized carbons (Fsp3) is 0.133. The predicted octanol–water partition coefficient (Wildman–Crippen LogP) is 2.96. The van der Waals surface area contributed by atoms with E-state index < -0.39 is 12.1 Å². The number of hydrogen-bond donors (Lipinski definition) is 2. The van der Waals surface area contributed by atoms with E-state index in [0.717, 1.165) is 11.1 Å². The molecule has 0 radical (unpaired) electrons. The Kier molecular flexibility index (Phi) is 2.84. The monoisotopic (exact) mass is 270 g/mol. The number of primary amides is 1. The molecule has 1 aliphatic heterocycles. The fourth-order valence-electron chi connectivity index (χ4n) is 2.55. The van der Waals surface area contributed by atoms with Crippen LogP contribution in [0.1, 0.15) is 22.7 Å². The summed E-state index contributed by atoms with van der Waals surface area (Å²) in [4.78, 5) is 11.4. The first kappa shape index (κ1) is 12.5. The van der Waals surface area contributed by atoms with Gasteiger partial charge in [0.05, 0.1) is 0 Å². The van der Waals surface area contributed by atoms with Crippen LogP contribution in [0, 0.1) is 6.92 Å². The predicted molar refractivity (Wildman–Crippen MR) is 72.7 cm³/mol. The van der Waals surface area contributed by atoms with Crippen LogP contribution in [-0.2, 0) is 0 Å². The van der Waals surface area contributed by atoms with Crippen molar-refractivity contribution in [2.45, 2.75) is 13.0 Å². The van der Waals surface area contributed by atoms with Gasteiger partial charge in [-0.25, -0.2) is 4.79 Å². The Morgan fingerprint density at radius 2 is 1.90 bits per heavy atom. The number of hydroxylamine groups is 2. The van der Waals surface area contributed by atoms with Gasteiger partial charge in [-0.05, 0) is 24.6 Å². The molecule has 0 bridgehead atoms. The summed E-state index contributed by atoms with van der Waals surface area (Å²) in [6.07, 6.45) is 0. The van der Waals surface area contributed by atoms with E-state index in [9.17, 15) is 10.0 Å². The van der Waals surface area contributed by atoms with Crippen molar-refractivity contribution in [3.63, 3.8) is 0 Å². The van der Waals surface area contributed by atoms with Gasteiger partial charge in [-0.1, -0.05) is 30.3 Å². The Morgan fingerprint density at radius 1 is 1.20 bits per heavy atom. The molecule has 3 N–H and O–H groups in total. The summed E-state index contributed by atoms with van der Waals surface area (Å²) in [5.41, 5.74) is 7.59. The van der Waals surface area contributed by atoms with Crippen molar-refractivity contribution in [1.29, 1.82) is 0 Å². The number of aryl methyl sites for hydroxylation is 1. The van der Waals surface area contributed by atoms with Crippen molar-refractivity contribution in [1.82, 2.24) is 5.06 Å². The average molecular weight is 270 g/mol. The molecule has 0 fully saturated rings. The molecular weight excluding hydrogens is 256 g/mol. The number of carbonyl (C=O) groups excluding carboxylic acids is 1. The van der Waals surface area contributed by atoms with E-state index in [1.54, 1.807) is 12.1 Å². The van der Waals surface area contributed by atoms with Crippen LogP contribution < -0.4 is 10.5 Å². The summed E-state index contributed by atoms with van der Waals surface area (Å²) < 4.78 is 5.83. The number of nitrogens with zero attached hydrogens (tertiary/aromatic N) is 1. The van der Waals surface area contributed by atoms with E-state index in [4.69, 9.17) is 10.5 Å². The number of amides is 2. The van der Waals surface area contributed by atoms with Crippen LogP contribution in [-0.4, -0.2) is 16.3 Å². The molecular formula is C15H14N2O3. The minimum absolute atomic E-state index is 0.549. The topological polar surface area (TPSA) is 75.8 Å². The van der Waals surface area contributed by atoms with E-state index in [1.807, 2.05) is 37.3 Å². The highest BCUT2D eigenvalue weighted by atomic mass is 16.5. The Labute approximate surface area is 116 Å². The van der Waals surface area contributed by atoms with Gasteiger partial charge >= 0.3 is 6.03 Å². The van der Waals surface area contributed by atoms with Crippen molar-refractivity contribution >= 4 is 6.03 Å². The van der Waals surface area contributed by atoms with E-state index in [-0.39, 0.29) is 0 Å². The molecule has 102 valence electrons. The normalized spacial score (nSPS) is 15.8. The minimum Gasteiger partial charge on any atom is -0.457 e. The van der Waals surface area contributed by atoms with Crippen molar-refractivity contribution < 1.29 is 14.7 Å². The van der Waals surface area contributed by atoms with Crippen molar-refractivity contribution in [2.24, 2.45) is 5.73 Å². The zero-order valence-electron chi connectivity index (χ0n) is 10.9. The molecule has 2 amide bonds. The zero-order chi connectivity index (χ0) is 14.3. The molecule has 0 aliphatic carbocycles. The van der Waals surface area contributed by atoms with E-state index >= 15 is 0 Å². The number of benzene rings is 2. The number of rotatable bonds is 1. The van der Waals surface area contributed by atoms with Crippen molar-refractivity contribution in [3.8, 4) is 11.5 Å². The van der Waals surface area contributed by atoms with Gasteiger partial charge in [0.15, 0.2) is 0 Å². The summed E-state index contributed by atoms with van der Waals surface area (Å²) in [7, 11) is 0. The molecule has 1 heterocycles. The van der Waals surface area contributed by atoms with Crippen LogP contribution >= 0.6 is 0 Å². The van der Waals surface area contributed by atoms with E-state index in [1.165, 1.54) is 0 Å². The van der Waals surface area contributed by atoms with Crippen LogP contribution in [0.25, 0.3) is 0 Å². The SMILES string of the molecule is Cc1cccc2c1C(N(O)C(N)=O)c1ccccc1O2. The third kappa shape index (κ3) is 1.80. The standard InChI is InChI=1S/C15H14N2O3/c1-9-5-4-8-12-13(9)14(17(19)15(16)18)10-6-2-3-7-11(10)20-12/h2-8,14,19H,1H3,(H2,16,18). The Bertz CT molecular complexity index is 685. The van der Waals surface area contributed by atoms with Crippen LogP contribution in [0.4, 0.5) is 4.79 Å². The lowest BCUT2D eigenvalue weighted by Gasteiger charge is -2.33. The number of fused-ring (bicyclic) bond motifs is 2. The van der Waals surface area contributed by atoms with E-state index in [2.05, 4.69) is 0 Å². The molecule has 5 heteroatoms. The maximum atomic E-state index is 11.4. The average Bonchev–Trinajstić information content (AvgIpc) is 2.44. The van der Waals surface area contributed by atoms with Gasteiger partial charge in [0.2, 0.25) is 0 Å². The second-order valence-corrected chi connectivity index (χ2v) is 4.71. The number of hydrogen-bond acceptors (Lipinski definition) is 3. The second kappa shape index (κ2) is 4.54. The van der Waals surface area contributed by atoms with E-state index in [0.29, 0.717) is 22.1 Å². The van der Waals surface area contributed by atoms with Gasteiger partial charge < -0.3 is 10.5 Å². The molecule has 2 aromatic carbocycles. The van der Waals surface area contributed by atoms with Gasteiger partial charge in [-0.15, -0.1) is 0 Å². The van der Waals surface area contributed by atoms with Crippen LogP contribution in [0.2, 0.25) is 0 Å². The molecule has 0 spiro atoms. The van der Waals surface area contributed by atoms with Gasteiger partial charge in [-0.2, -0.15) is 5.06 Å². The molecule has 1 aliphatic rings. The highest BCUT2D eigenvalue weighted by Gasteiger charge is 2.34. The summed E-state index contributed by atoms with van der Waals surface area (Å²) in [5, 5.41) is 10.6. The number of nitrogens with two attached hydrogens (primary N) is 1. The molecule has 1 unspecified atom stereocenters. The molecule has 0 saturated carbocycles. The number of urea groups is 1. The molecule has 3 rings (SSSR count). The number of ether oxygens (including phenoxy) is 1. The molecule has 20 heavy (non-hydrogen) atoms. The Morgan fingerprint density at radius 3 is 2.65 bits per heavy atom. The highest BCUT2D eigenvalue weighted by Crippen LogP contribution is 2.46. The summed E-state index contributed by atoms with van der Waals surface area (Å²) >= 11 is 0. The Hall–Kier alpha value is -2.53. The highest BCUT2D eigenvalue weighted by molar-refractivity contribution is 5.73. The largest absolute Gasteiger partial charge is 0.457 e. The number of para-hydroxylation sites is 1. The van der Waals surface area contributed by atoms with Gasteiger partial charge in [-0.3, -0.25) is 5.21 Å². The summed E-state index contributed by atoms with van der Waals surface area (Å²) in [5.74, 6) is 1.23. The van der Waals surface area contributed by atoms with Gasteiger partial charge in [0.1, 0.15) is 17.5 Å². The molecule has 2 aromatic rings. The number of carbonyl (C=O) groups is 1. The van der Waals surface area contributed by atoms with Gasteiger partial charge in [0.25, 0.3) is 0 Å². The van der Waals surface area contributed by atoms with Crippen molar-refractivity contribution in [2.75, 3.05) is 0 Å². The second-order valence-electron chi connectivity index (χ2n) is 4.71. The Balaban J connectivity index is 2.24. The fourth-order valence-corrected chi connectivity index (χ4v) is 2.55. The minimum atomic E-state index is -0.902. The molecule has 0 aromatic heterocycles. The first-order valence-electron chi connectivity index (χ1n) is 6.23. The smallest absolute Gasteiger partial charge is 0.339 e. The molecule has 0 saturated heterocycles. The van der Waals surface area contributed by atoms with Crippen molar-refractivity contribution in [3.05, 3.63) is 59.2 Å². The zero-order valence-corrected chi connectivity index (χ0v) is 10.9. The lowest BCUT2D eigenvalue weighted by atomic mass is 9.91. The lowest BCUT2D eigenvalue weighted by molar-refractivity contribution is -0.0666. The van der Waals surface area contributed by atoms with Gasteiger partial charge in [0, 0.05) is 11.1 Å². The summed E-state index contributed by atoms with van der Waals surface area (Å²) in [6.45, 7) is 1.90. The van der Waals surface area contributed by atoms with Crippen LogP contribution in [0.15, 0.2) is 42.5 Å². The first-order valence-corrected chi connectivity index (χ1v) is 6.23. The summed E-state index contributed by atoms with van der Waals surface area (Å²) in [6, 6.07) is 11.3. The lowest BCUT2D eigenvalue weighted by Crippen LogP contribution is -2.38.